The molecule has 2 atom stereocenters. The first-order valence-electron chi connectivity index (χ1n) is 8.06. The molecule has 0 aromatic carbocycles. The van der Waals surface area contributed by atoms with Crippen molar-refractivity contribution < 1.29 is 4.79 Å². The molecule has 0 unspecified atom stereocenters. The van der Waals surface area contributed by atoms with E-state index in [9.17, 15) is 4.79 Å². The van der Waals surface area contributed by atoms with Crippen LogP contribution in [0.3, 0.4) is 0 Å². The van der Waals surface area contributed by atoms with Gasteiger partial charge >= 0.3 is 0 Å². The van der Waals surface area contributed by atoms with Crippen molar-refractivity contribution in [2.45, 2.75) is 44.7 Å². The van der Waals surface area contributed by atoms with Crippen LogP contribution in [-0.4, -0.2) is 27.3 Å². The number of pyridine rings is 1. The fraction of sp³-hybridized carbons (Fsp3) is 0.438. The van der Waals surface area contributed by atoms with Gasteiger partial charge in [-0.15, -0.1) is 0 Å². The van der Waals surface area contributed by atoms with Gasteiger partial charge in [-0.05, 0) is 49.5 Å². The summed E-state index contributed by atoms with van der Waals surface area (Å²) < 4.78 is 4.22. The monoisotopic (exact) mass is 346 g/mol. The first kappa shape index (κ1) is 16.7. The van der Waals surface area contributed by atoms with E-state index in [1.165, 1.54) is 18.0 Å². The van der Waals surface area contributed by atoms with Crippen molar-refractivity contribution in [3.63, 3.8) is 0 Å². The third-order valence-corrected chi connectivity index (χ3v) is 4.98. The van der Waals surface area contributed by atoms with E-state index in [1.807, 2.05) is 13.0 Å². The van der Waals surface area contributed by atoms with E-state index in [-0.39, 0.29) is 12.1 Å². The van der Waals surface area contributed by atoms with Crippen LogP contribution < -0.4 is 22.1 Å². The van der Waals surface area contributed by atoms with Gasteiger partial charge in [-0.2, -0.15) is 4.37 Å². The van der Waals surface area contributed by atoms with Gasteiger partial charge < -0.3 is 22.1 Å². The fourth-order valence-electron chi connectivity index (χ4n) is 2.90. The molecule has 1 aliphatic rings. The molecule has 6 N–H and O–H groups in total. The van der Waals surface area contributed by atoms with Crippen molar-refractivity contribution in [3.05, 3.63) is 29.5 Å². The summed E-state index contributed by atoms with van der Waals surface area (Å²) >= 11 is 1.31. The molecule has 3 rings (SSSR count). The van der Waals surface area contributed by atoms with Crippen molar-refractivity contribution in [3.8, 4) is 0 Å². The quantitative estimate of drug-likeness (QED) is 0.660. The minimum absolute atomic E-state index is 0.122. The predicted molar refractivity (Wildman–Crippen MR) is 96.7 cm³/mol. The minimum Gasteiger partial charge on any atom is -0.366 e. The molecular formula is C16H22N6OS. The van der Waals surface area contributed by atoms with E-state index in [0.717, 1.165) is 30.0 Å². The number of nitrogens with two attached hydrogens (primary N) is 2. The highest BCUT2D eigenvalue weighted by Crippen LogP contribution is 2.26. The topological polar surface area (TPSA) is 119 Å². The largest absolute Gasteiger partial charge is 0.366 e. The summed E-state index contributed by atoms with van der Waals surface area (Å²) in [5.41, 5.74) is 12.9. The summed E-state index contributed by atoms with van der Waals surface area (Å²) in [6, 6.07) is 5.67. The number of nitrogens with one attached hydrogen (secondary N) is 2. The van der Waals surface area contributed by atoms with Crippen molar-refractivity contribution in [2.75, 3.05) is 10.6 Å². The Hall–Kier alpha value is -2.19. The zero-order valence-electron chi connectivity index (χ0n) is 13.6. The molecule has 0 radical (unpaired) electrons. The molecule has 1 aliphatic carbocycles. The molecular weight excluding hydrogens is 324 g/mol. The molecule has 1 fully saturated rings. The van der Waals surface area contributed by atoms with Crippen LogP contribution in [0.15, 0.2) is 18.2 Å². The van der Waals surface area contributed by atoms with Gasteiger partial charge in [0.1, 0.15) is 16.6 Å². The van der Waals surface area contributed by atoms with Gasteiger partial charge in [0.25, 0.3) is 5.91 Å². The van der Waals surface area contributed by atoms with Gasteiger partial charge in [-0.1, -0.05) is 12.8 Å². The summed E-state index contributed by atoms with van der Waals surface area (Å²) in [4.78, 5) is 16.2. The Balaban J connectivity index is 1.83. The summed E-state index contributed by atoms with van der Waals surface area (Å²) in [7, 11) is 0. The molecule has 0 aliphatic heterocycles. The van der Waals surface area contributed by atoms with Crippen LogP contribution in [-0.2, 0) is 0 Å². The molecule has 2 aromatic heterocycles. The molecule has 24 heavy (non-hydrogen) atoms. The molecule has 1 saturated carbocycles. The summed E-state index contributed by atoms with van der Waals surface area (Å²) in [5.74, 6) is 0.596. The number of aryl methyl sites for hydroxylation is 1. The number of carbonyl (C=O) groups excluding carboxylic acids is 1. The van der Waals surface area contributed by atoms with Crippen molar-refractivity contribution >= 4 is 34.1 Å². The molecule has 1 amide bonds. The van der Waals surface area contributed by atoms with Gasteiger partial charge in [0.05, 0.1) is 11.3 Å². The zero-order valence-corrected chi connectivity index (χ0v) is 14.4. The van der Waals surface area contributed by atoms with Crippen LogP contribution in [0, 0.1) is 6.92 Å². The SMILES string of the molecule is Cc1cc(Nc2nc(N[C@@H]3CCCC[C@@H]3N)ccc2C(N)=O)sn1. The summed E-state index contributed by atoms with van der Waals surface area (Å²) in [6.07, 6.45) is 4.38. The molecule has 0 saturated heterocycles. The number of aromatic nitrogens is 2. The van der Waals surface area contributed by atoms with Gasteiger partial charge in [-0.3, -0.25) is 4.79 Å². The van der Waals surface area contributed by atoms with E-state index in [2.05, 4.69) is 20.0 Å². The zero-order chi connectivity index (χ0) is 17.1. The van der Waals surface area contributed by atoms with Gasteiger partial charge in [0.2, 0.25) is 0 Å². The smallest absolute Gasteiger partial charge is 0.252 e. The minimum atomic E-state index is -0.521. The van der Waals surface area contributed by atoms with Gasteiger partial charge in [-0.25, -0.2) is 4.98 Å². The third kappa shape index (κ3) is 3.82. The lowest BCUT2D eigenvalue weighted by molar-refractivity contribution is 0.100. The van der Waals surface area contributed by atoms with Crippen LogP contribution >= 0.6 is 11.5 Å². The van der Waals surface area contributed by atoms with E-state index in [1.54, 1.807) is 12.1 Å². The van der Waals surface area contributed by atoms with Gasteiger partial charge in [0, 0.05) is 12.1 Å². The normalized spacial score (nSPS) is 20.6. The standard InChI is InChI=1S/C16H22N6OS/c1-9-8-14(24-22-9)21-16-10(15(18)23)6-7-13(20-16)19-12-5-3-2-4-11(12)17/h6-8,11-12H,2-5,17H2,1H3,(H2,18,23)(H2,19,20,21)/t11-,12+/m0/s1. The number of anilines is 3. The molecule has 7 nitrogen and oxygen atoms in total. The second-order valence-electron chi connectivity index (χ2n) is 6.11. The van der Waals surface area contributed by atoms with E-state index in [0.29, 0.717) is 17.2 Å². The lowest BCUT2D eigenvalue weighted by Crippen LogP contribution is -2.42. The third-order valence-electron chi connectivity index (χ3n) is 4.18. The molecule has 0 spiro atoms. The maximum atomic E-state index is 11.7. The molecule has 128 valence electrons. The predicted octanol–water partition coefficient (Wildman–Crippen LogP) is 2.37. The number of rotatable bonds is 5. The Morgan fingerprint density at radius 3 is 2.79 bits per heavy atom. The number of hydrogen-bond donors (Lipinski definition) is 4. The number of amides is 1. The highest BCUT2D eigenvalue weighted by Gasteiger charge is 2.22. The molecule has 2 aromatic rings. The first-order chi connectivity index (χ1) is 11.5. The number of nitrogens with zero attached hydrogens (tertiary/aromatic N) is 2. The lowest BCUT2D eigenvalue weighted by atomic mass is 9.91. The number of primary amides is 1. The average molecular weight is 346 g/mol. The van der Waals surface area contributed by atoms with Crippen LogP contribution in [0.4, 0.5) is 16.6 Å². The highest BCUT2D eigenvalue weighted by atomic mass is 32.1. The van der Waals surface area contributed by atoms with E-state index in [4.69, 9.17) is 11.5 Å². The summed E-state index contributed by atoms with van der Waals surface area (Å²) in [5, 5.41) is 7.34. The van der Waals surface area contributed by atoms with Crippen molar-refractivity contribution in [2.24, 2.45) is 11.5 Å². The Labute approximate surface area is 145 Å². The maximum absolute atomic E-state index is 11.7. The van der Waals surface area contributed by atoms with Crippen molar-refractivity contribution in [1.29, 1.82) is 0 Å². The average Bonchev–Trinajstić information content (AvgIpc) is 2.94. The molecule has 0 bridgehead atoms. The van der Waals surface area contributed by atoms with Gasteiger partial charge in [0.15, 0.2) is 0 Å². The van der Waals surface area contributed by atoms with E-state index >= 15 is 0 Å². The van der Waals surface area contributed by atoms with Crippen LogP contribution in [0.2, 0.25) is 0 Å². The maximum Gasteiger partial charge on any atom is 0.252 e. The molecule has 8 heteroatoms. The number of carbonyl (C=O) groups is 1. The Morgan fingerprint density at radius 1 is 1.33 bits per heavy atom. The second kappa shape index (κ2) is 7.14. The Bertz CT molecular complexity index is 731. The Kier molecular flexibility index (Phi) is 4.96. The van der Waals surface area contributed by atoms with Crippen LogP contribution in [0.5, 0.6) is 0 Å². The molecule has 2 heterocycles. The first-order valence-corrected chi connectivity index (χ1v) is 8.83. The number of hydrogen-bond acceptors (Lipinski definition) is 7. The Morgan fingerprint density at radius 2 is 2.12 bits per heavy atom. The van der Waals surface area contributed by atoms with Crippen LogP contribution in [0.25, 0.3) is 0 Å². The second-order valence-corrected chi connectivity index (χ2v) is 6.92. The highest BCUT2D eigenvalue weighted by molar-refractivity contribution is 7.10. The fourth-order valence-corrected chi connectivity index (χ4v) is 3.56. The lowest BCUT2D eigenvalue weighted by Gasteiger charge is -2.29. The summed E-state index contributed by atoms with van der Waals surface area (Å²) in [6.45, 7) is 1.91. The van der Waals surface area contributed by atoms with E-state index < -0.39 is 5.91 Å². The van der Waals surface area contributed by atoms with Crippen molar-refractivity contribution in [1.82, 2.24) is 9.36 Å². The van der Waals surface area contributed by atoms with Crippen LogP contribution in [0.1, 0.15) is 41.7 Å².